The van der Waals surface area contributed by atoms with Crippen molar-refractivity contribution in [3.8, 4) is 0 Å². The van der Waals surface area contributed by atoms with Crippen LogP contribution in [0.25, 0.3) is 0 Å². The van der Waals surface area contributed by atoms with Crippen LogP contribution < -0.4 is 0 Å². The summed E-state index contributed by atoms with van der Waals surface area (Å²) >= 11 is 0. The Labute approximate surface area is 105 Å². The zero-order chi connectivity index (χ0) is 13.1. The van der Waals surface area contributed by atoms with Crippen molar-refractivity contribution in [3.63, 3.8) is 0 Å². The van der Waals surface area contributed by atoms with Gasteiger partial charge in [-0.15, -0.1) is 0 Å². The lowest BCUT2D eigenvalue weighted by molar-refractivity contribution is -0.147. The van der Waals surface area contributed by atoms with Gasteiger partial charge in [-0.05, 0) is 57.9 Å². The zero-order valence-corrected chi connectivity index (χ0v) is 11.9. The van der Waals surface area contributed by atoms with Crippen molar-refractivity contribution in [2.45, 2.75) is 65.9 Å². The molecule has 0 aromatic carbocycles. The van der Waals surface area contributed by atoms with Gasteiger partial charge in [-0.2, -0.15) is 0 Å². The highest BCUT2D eigenvalue weighted by atomic mass is 16.5. The van der Waals surface area contributed by atoms with E-state index in [-0.39, 0.29) is 5.78 Å². The molecule has 1 fully saturated rings. The van der Waals surface area contributed by atoms with Gasteiger partial charge in [0.2, 0.25) is 0 Å². The summed E-state index contributed by atoms with van der Waals surface area (Å²) in [6.45, 7) is 11.1. The van der Waals surface area contributed by atoms with Crippen LogP contribution in [0.4, 0.5) is 0 Å². The fourth-order valence-corrected chi connectivity index (χ4v) is 2.46. The highest BCUT2D eigenvalue weighted by Gasteiger charge is 2.43. The second-order valence-electron chi connectivity index (χ2n) is 6.18. The van der Waals surface area contributed by atoms with Gasteiger partial charge in [0.05, 0.1) is 0 Å². The molecule has 98 valence electrons. The number of hydrogen-bond donors (Lipinski definition) is 0. The summed E-state index contributed by atoms with van der Waals surface area (Å²) in [7, 11) is 0. The summed E-state index contributed by atoms with van der Waals surface area (Å²) in [6.07, 6.45) is 5.59. The fourth-order valence-electron chi connectivity index (χ4n) is 2.46. The minimum Gasteiger partial charge on any atom is -0.367 e. The van der Waals surface area contributed by atoms with Crippen molar-refractivity contribution < 1.29 is 9.53 Å². The van der Waals surface area contributed by atoms with Gasteiger partial charge >= 0.3 is 0 Å². The topological polar surface area (TPSA) is 26.3 Å². The highest BCUT2D eigenvalue weighted by Crippen LogP contribution is 2.42. The van der Waals surface area contributed by atoms with E-state index in [1.165, 1.54) is 0 Å². The van der Waals surface area contributed by atoms with E-state index in [9.17, 15) is 4.79 Å². The first-order valence-electron chi connectivity index (χ1n) is 6.65. The average Bonchev–Trinajstić information content (AvgIpc) is 2.21. The Morgan fingerprint density at radius 2 is 1.71 bits per heavy atom. The molecule has 0 N–H and O–H groups in total. The molecule has 0 heterocycles. The number of carbonyl (C=O) groups excluding carboxylic acids is 1. The number of carbonyl (C=O) groups is 1. The van der Waals surface area contributed by atoms with E-state index in [1.54, 1.807) is 6.08 Å². The third kappa shape index (κ3) is 3.67. The molecule has 1 aliphatic carbocycles. The summed E-state index contributed by atoms with van der Waals surface area (Å²) in [5.41, 5.74) is 0.867. The third-order valence-corrected chi connectivity index (χ3v) is 3.70. The molecule has 1 rings (SSSR count). The van der Waals surface area contributed by atoms with Crippen LogP contribution in [-0.2, 0) is 9.53 Å². The van der Waals surface area contributed by atoms with Crippen molar-refractivity contribution in [1.29, 1.82) is 0 Å². The third-order valence-electron chi connectivity index (χ3n) is 3.70. The molecule has 0 atom stereocenters. The summed E-state index contributed by atoms with van der Waals surface area (Å²) in [6, 6.07) is 0. The number of allylic oxidation sites excluding steroid dienone is 1. The van der Waals surface area contributed by atoms with Gasteiger partial charge < -0.3 is 4.74 Å². The standard InChI is InChI=1S/C15H26O2/c1-6-17-15(13(16)11-12(2)3)9-7-14(4,5)8-10-15/h11H,6-10H2,1-5H3. The van der Waals surface area contributed by atoms with E-state index < -0.39 is 5.60 Å². The van der Waals surface area contributed by atoms with Crippen LogP contribution in [0.5, 0.6) is 0 Å². The Morgan fingerprint density at radius 3 is 2.12 bits per heavy atom. The number of ether oxygens (including phenoxy) is 1. The van der Waals surface area contributed by atoms with Crippen LogP contribution in [0, 0.1) is 5.41 Å². The molecule has 2 heteroatoms. The molecule has 0 aromatic rings. The lowest BCUT2D eigenvalue weighted by atomic mass is 9.69. The largest absolute Gasteiger partial charge is 0.367 e. The van der Waals surface area contributed by atoms with Gasteiger partial charge in [-0.25, -0.2) is 0 Å². The van der Waals surface area contributed by atoms with Gasteiger partial charge in [0.1, 0.15) is 5.60 Å². The number of ketones is 1. The minimum absolute atomic E-state index is 0.162. The van der Waals surface area contributed by atoms with Gasteiger partial charge in [0, 0.05) is 6.61 Å². The Kier molecular flexibility index (Phi) is 4.54. The van der Waals surface area contributed by atoms with Gasteiger partial charge in [-0.3, -0.25) is 4.79 Å². The van der Waals surface area contributed by atoms with E-state index in [2.05, 4.69) is 13.8 Å². The van der Waals surface area contributed by atoms with Crippen LogP contribution in [-0.4, -0.2) is 18.0 Å². The van der Waals surface area contributed by atoms with Crippen molar-refractivity contribution in [3.05, 3.63) is 11.6 Å². The monoisotopic (exact) mass is 238 g/mol. The number of hydrogen-bond acceptors (Lipinski definition) is 2. The van der Waals surface area contributed by atoms with Crippen molar-refractivity contribution >= 4 is 5.78 Å². The minimum atomic E-state index is -0.540. The molecule has 0 aliphatic heterocycles. The Morgan fingerprint density at radius 1 is 1.18 bits per heavy atom. The molecule has 0 unspecified atom stereocenters. The Bertz CT molecular complexity index is 299. The second kappa shape index (κ2) is 5.34. The maximum atomic E-state index is 12.3. The summed E-state index contributed by atoms with van der Waals surface area (Å²) < 4.78 is 5.83. The molecular weight excluding hydrogens is 212 g/mol. The predicted molar refractivity (Wildman–Crippen MR) is 71.0 cm³/mol. The molecular formula is C15H26O2. The Balaban J connectivity index is 2.85. The zero-order valence-electron chi connectivity index (χ0n) is 11.9. The quantitative estimate of drug-likeness (QED) is 0.694. The average molecular weight is 238 g/mol. The lowest BCUT2D eigenvalue weighted by Gasteiger charge is -2.41. The van der Waals surface area contributed by atoms with Crippen LogP contribution in [0.2, 0.25) is 0 Å². The maximum absolute atomic E-state index is 12.3. The smallest absolute Gasteiger partial charge is 0.187 e. The Hall–Kier alpha value is -0.630. The summed E-state index contributed by atoms with van der Waals surface area (Å²) in [5.74, 6) is 0.162. The number of rotatable bonds is 4. The SMILES string of the molecule is CCOC1(C(=O)C=C(C)C)CCC(C)(C)CC1. The molecule has 0 aromatic heterocycles. The normalized spacial score (nSPS) is 21.9. The lowest BCUT2D eigenvalue weighted by Crippen LogP contribution is -2.45. The van der Waals surface area contributed by atoms with Gasteiger partial charge in [-0.1, -0.05) is 19.4 Å². The highest BCUT2D eigenvalue weighted by molar-refractivity contribution is 5.97. The van der Waals surface area contributed by atoms with Gasteiger partial charge in [0.25, 0.3) is 0 Å². The molecule has 1 saturated carbocycles. The molecule has 2 nitrogen and oxygen atoms in total. The van der Waals surface area contributed by atoms with Crippen molar-refractivity contribution in [1.82, 2.24) is 0 Å². The van der Waals surface area contributed by atoms with Crippen molar-refractivity contribution in [2.75, 3.05) is 6.61 Å². The molecule has 0 bridgehead atoms. The first-order valence-corrected chi connectivity index (χ1v) is 6.65. The molecule has 0 spiro atoms. The first kappa shape index (κ1) is 14.4. The maximum Gasteiger partial charge on any atom is 0.187 e. The van der Waals surface area contributed by atoms with E-state index in [1.807, 2.05) is 20.8 Å². The van der Waals surface area contributed by atoms with Gasteiger partial charge in [0.15, 0.2) is 5.78 Å². The molecule has 0 saturated heterocycles. The van der Waals surface area contributed by atoms with Crippen LogP contribution in [0.1, 0.15) is 60.3 Å². The van der Waals surface area contributed by atoms with Crippen LogP contribution in [0.15, 0.2) is 11.6 Å². The van der Waals surface area contributed by atoms with E-state index in [0.29, 0.717) is 12.0 Å². The molecule has 0 amide bonds. The molecule has 0 radical (unpaired) electrons. The van der Waals surface area contributed by atoms with Crippen LogP contribution >= 0.6 is 0 Å². The first-order chi connectivity index (χ1) is 7.81. The molecule has 17 heavy (non-hydrogen) atoms. The predicted octanol–water partition coefficient (Wildman–Crippen LogP) is 3.90. The fraction of sp³-hybridized carbons (Fsp3) is 0.800. The van der Waals surface area contributed by atoms with E-state index in [4.69, 9.17) is 4.74 Å². The van der Waals surface area contributed by atoms with E-state index in [0.717, 1.165) is 31.3 Å². The summed E-state index contributed by atoms with van der Waals surface area (Å²) in [4.78, 5) is 12.3. The van der Waals surface area contributed by atoms with Crippen molar-refractivity contribution in [2.24, 2.45) is 5.41 Å². The van der Waals surface area contributed by atoms with Crippen LogP contribution in [0.3, 0.4) is 0 Å². The molecule has 1 aliphatic rings. The second-order valence-corrected chi connectivity index (χ2v) is 6.18. The summed E-state index contributed by atoms with van der Waals surface area (Å²) in [5, 5.41) is 0. The van der Waals surface area contributed by atoms with E-state index >= 15 is 0 Å².